The summed E-state index contributed by atoms with van der Waals surface area (Å²) < 4.78 is 4.65. The Morgan fingerprint density at radius 2 is 2.19 bits per heavy atom. The molecule has 0 aliphatic rings. The molecule has 0 aliphatic heterocycles. The second-order valence-electron chi connectivity index (χ2n) is 4.44. The van der Waals surface area contributed by atoms with Crippen molar-refractivity contribution in [1.82, 2.24) is 9.97 Å². The van der Waals surface area contributed by atoms with E-state index in [4.69, 9.17) is 5.73 Å². The Hall–Kier alpha value is -2.63. The molecule has 0 bridgehead atoms. The largest absolute Gasteiger partial charge is 0.464 e. The van der Waals surface area contributed by atoms with Crippen LogP contribution in [0.15, 0.2) is 30.5 Å². The van der Waals surface area contributed by atoms with Crippen LogP contribution in [0.1, 0.15) is 28.7 Å². The molecule has 0 saturated heterocycles. The van der Waals surface area contributed by atoms with Gasteiger partial charge in [-0.15, -0.1) is 0 Å². The molecule has 0 aromatic carbocycles. The number of rotatable bonds is 5. The molecule has 3 N–H and O–H groups in total. The van der Waals surface area contributed by atoms with Crippen LogP contribution in [0.2, 0.25) is 0 Å². The van der Waals surface area contributed by atoms with E-state index in [-0.39, 0.29) is 5.69 Å². The highest BCUT2D eigenvalue weighted by molar-refractivity contribution is 5.88. The lowest BCUT2D eigenvalue weighted by Crippen LogP contribution is -2.11. The minimum atomic E-state index is -0.495. The number of nitrogens with two attached hydrogens (primary N) is 1. The number of anilines is 2. The SMILES string of the molecule is CCc1cccnc1CNc1nc(C(=O)OC)ccc1N. The van der Waals surface area contributed by atoms with Crippen molar-refractivity contribution in [2.75, 3.05) is 18.2 Å². The first kappa shape index (κ1) is 14.8. The highest BCUT2D eigenvalue weighted by Crippen LogP contribution is 2.17. The first-order chi connectivity index (χ1) is 10.2. The van der Waals surface area contributed by atoms with Crippen molar-refractivity contribution in [2.24, 2.45) is 0 Å². The quantitative estimate of drug-likeness (QED) is 0.817. The molecule has 2 aromatic heterocycles. The van der Waals surface area contributed by atoms with E-state index in [9.17, 15) is 4.79 Å². The molecule has 0 aliphatic carbocycles. The monoisotopic (exact) mass is 286 g/mol. The van der Waals surface area contributed by atoms with Crippen LogP contribution in [-0.2, 0) is 17.7 Å². The minimum Gasteiger partial charge on any atom is -0.464 e. The lowest BCUT2D eigenvalue weighted by molar-refractivity contribution is 0.0594. The summed E-state index contributed by atoms with van der Waals surface area (Å²) in [4.78, 5) is 20.0. The highest BCUT2D eigenvalue weighted by Gasteiger charge is 2.11. The molecule has 0 fully saturated rings. The summed E-state index contributed by atoms with van der Waals surface area (Å²) in [7, 11) is 1.31. The van der Waals surface area contributed by atoms with Gasteiger partial charge in [0, 0.05) is 6.20 Å². The van der Waals surface area contributed by atoms with Gasteiger partial charge in [-0.05, 0) is 30.2 Å². The van der Waals surface area contributed by atoms with Crippen LogP contribution >= 0.6 is 0 Å². The summed E-state index contributed by atoms with van der Waals surface area (Å²) in [6, 6.07) is 7.10. The Bertz CT molecular complexity index is 643. The van der Waals surface area contributed by atoms with Crippen LogP contribution in [0, 0.1) is 0 Å². The van der Waals surface area contributed by atoms with Gasteiger partial charge in [-0.2, -0.15) is 0 Å². The lowest BCUT2D eigenvalue weighted by atomic mass is 10.1. The van der Waals surface area contributed by atoms with Gasteiger partial charge >= 0.3 is 5.97 Å². The second-order valence-corrected chi connectivity index (χ2v) is 4.44. The number of aryl methyl sites for hydroxylation is 1. The number of aromatic nitrogens is 2. The fraction of sp³-hybridized carbons (Fsp3) is 0.267. The molecule has 6 nitrogen and oxygen atoms in total. The Morgan fingerprint density at radius 1 is 1.38 bits per heavy atom. The number of nitrogen functional groups attached to an aromatic ring is 1. The van der Waals surface area contributed by atoms with Crippen molar-refractivity contribution in [3.05, 3.63) is 47.4 Å². The zero-order valence-corrected chi connectivity index (χ0v) is 12.1. The maximum absolute atomic E-state index is 11.5. The number of ether oxygens (including phenoxy) is 1. The van der Waals surface area contributed by atoms with Gasteiger partial charge in [0.2, 0.25) is 0 Å². The molecule has 0 unspecified atom stereocenters. The molecule has 0 saturated carbocycles. The molecule has 0 amide bonds. The van der Waals surface area contributed by atoms with Crippen LogP contribution in [0.4, 0.5) is 11.5 Å². The molecule has 2 heterocycles. The Kier molecular flexibility index (Phi) is 4.71. The van der Waals surface area contributed by atoms with Gasteiger partial charge in [0.1, 0.15) is 0 Å². The number of carbonyl (C=O) groups is 1. The third-order valence-corrected chi connectivity index (χ3v) is 3.11. The normalized spacial score (nSPS) is 10.2. The minimum absolute atomic E-state index is 0.214. The number of methoxy groups -OCH3 is 1. The summed E-state index contributed by atoms with van der Waals surface area (Å²) >= 11 is 0. The Balaban J connectivity index is 2.17. The summed E-state index contributed by atoms with van der Waals surface area (Å²) in [5.74, 6) is -0.0456. The molecule has 0 radical (unpaired) electrons. The first-order valence-electron chi connectivity index (χ1n) is 6.67. The van der Waals surface area contributed by atoms with Crippen LogP contribution < -0.4 is 11.1 Å². The average molecular weight is 286 g/mol. The van der Waals surface area contributed by atoms with Crippen LogP contribution in [-0.4, -0.2) is 23.0 Å². The highest BCUT2D eigenvalue weighted by atomic mass is 16.5. The number of nitrogens with one attached hydrogen (secondary N) is 1. The molecular weight excluding hydrogens is 268 g/mol. The first-order valence-corrected chi connectivity index (χ1v) is 6.67. The van der Waals surface area contributed by atoms with E-state index < -0.39 is 5.97 Å². The zero-order chi connectivity index (χ0) is 15.2. The van der Waals surface area contributed by atoms with Crippen molar-refractivity contribution in [3.8, 4) is 0 Å². The van der Waals surface area contributed by atoms with Gasteiger partial charge in [0.15, 0.2) is 11.5 Å². The van der Waals surface area contributed by atoms with E-state index in [2.05, 4.69) is 26.9 Å². The molecular formula is C15H18N4O2. The van der Waals surface area contributed by atoms with Gasteiger partial charge in [-0.3, -0.25) is 4.98 Å². The zero-order valence-electron chi connectivity index (χ0n) is 12.1. The number of esters is 1. The lowest BCUT2D eigenvalue weighted by Gasteiger charge is -2.11. The van der Waals surface area contributed by atoms with E-state index >= 15 is 0 Å². The van der Waals surface area contributed by atoms with Crippen molar-refractivity contribution >= 4 is 17.5 Å². The number of pyridine rings is 2. The summed E-state index contributed by atoms with van der Waals surface area (Å²) in [6.45, 7) is 2.57. The molecule has 2 aromatic rings. The van der Waals surface area contributed by atoms with Crippen molar-refractivity contribution < 1.29 is 9.53 Å². The van der Waals surface area contributed by atoms with Gasteiger partial charge in [0.05, 0.1) is 25.0 Å². The predicted octanol–water partition coefficient (Wildman–Crippen LogP) is 2.02. The second kappa shape index (κ2) is 6.69. The maximum Gasteiger partial charge on any atom is 0.356 e. The van der Waals surface area contributed by atoms with Crippen LogP contribution in [0.5, 0.6) is 0 Å². The van der Waals surface area contributed by atoms with Gasteiger partial charge in [-0.25, -0.2) is 9.78 Å². The van der Waals surface area contributed by atoms with E-state index in [1.165, 1.54) is 13.2 Å². The van der Waals surface area contributed by atoms with E-state index in [1.54, 1.807) is 12.3 Å². The van der Waals surface area contributed by atoms with Gasteiger partial charge in [-0.1, -0.05) is 13.0 Å². The Morgan fingerprint density at radius 3 is 2.90 bits per heavy atom. The number of carbonyl (C=O) groups excluding carboxylic acids is 1. The molecule has 0 atom stereocenters. The predicted molar refractivity (Wildman–Crippen MR) is 80.9 cm³/mol. The number of hydrogen-bond donors (Lipinski definition) is 2. The Labute approximate surface area is 123 Å². The molecule has 0 spiro atoms. The van der Waals surface area contributed by atoms with Gasteiger partial charge in [0.25, 0.3) is 0 Å². The van der Waals surface area contributed by atoms with Crippen molar-refractivity contribution in [2.45, 2.75) is 19.9 Å². The van der Waals surface area contributed by atoms with Gasteiger partial charge < -0.3 is 15.8 Å². The molecule has 2 rings (SSSR count). The third-order valence-electron chi connectivity index (χ3n) is 3.11. The van der Waals surface area contributed by atoms with E-state index in [1.807, 2.05) is 12.1 Å². The average Bonchev–Trinajstić information content (AvgIpc) is 2.53. The van der Waals surface area contributed by atoms with Crippen molar-refractivity contribution in [1.29, 1.82) is 0 Å². The van der Waals surface area contributed by atoms with E-state index in [0.717, 1.165) is 17.7 Å². The van der Waals surface area contributed by atoms with Crippen LogP contribution in [0.3, 0.4) is 0 Å². The maximum atomic E-state index is 11.5. The summed E-state index contributed by atoms with van der Waals surface area (Å²) in [5.41, 5.74) is 8.65. The van der Waals surface area contributed by atoms with Crippen molar-refractivity contribution in [3.63, 3.8) is 0 Å². The smallest absolute Gasteiger partial charge is 0.356 e. The standard InChI is InChI=1S/C15H18N4O2/c1-3-10-5-4-8-17-13(10)9-18-14-11(16)6-7-12(19-14)15(20)21-2/h4-8H,3,9,16H2,1-2H3,(H,18,19). The van der Waals surface area contributed by atoms with Crippen LogP contribution in [0.25, 0.3) is 0 Å². The topological polar surface area (TPSA) is 90.1 Å². The summed E-state index contributed by atoms with van der Waals surface area (Å²) in [6.07, 6.45) is 2.65. The molecule has 110 valence electrons. The number of nitrogens with zero attached hydrogens (tertiary/aromatic N) is 2. The van der Waals surface area contributed by atoms with E-state index in [0.29, 0.717) is 18.1 Å². The molecule has 6 heteroatoms. The fourth-order valence-corrected chi connectivity index (χ4v) is 1.95. The summed E-state index contributed by atoms with van der Waals surface area (Å²) in [5, 5.41) is 3.12. The fourth-order valence-electron chi connectivity index (χ4n) is 1.95. The third kappa shape index (κ3) is 3.47. The number of hydrogen-bond acceptors (Lipinski definition) is 6. The molecule has 21 heavy (non-hydrogen) atoms.